The van der Waals surface area contributed by atoms with Crippen LogP contribution in [0.2, 0.25) is 0 Å². The zero-order chi connectivity index (χ0) is 24.4. The van der Waals surface area contributed by atoms with E-state index in [4.69, 9.17) is 9.47 Å². The molecule has 3 aliphatic rings. The maximum absolute atomic E-state index is 13.1. The Morgan fingerprint density at radius 1 is 1.03 bits per heavy atom. The van der Waals surface area contributed by atoms with E-state index in [0.717, 1.165) is 35.1 Å². The van der Waals surface area contributed by atoms with E-state index in [0.29, 0.717) is 19.4 Å². The zero-order valence-electron chi connectivity index (χ0n) is 19.5. The number of fused-ring (bicyclic) bond motifs is 3. The zero-order valence-corrected chi connectivity index (χ0v) is 19.5. The summed E-state index contributed by atoms with van der Waals surface area (Å²) in [7, 11) is 0. The first-order valence-electron chi connectivity index (χ1n) is 12.2. The SMILES string of the molecule is O=C(NC1(C(=O)NCC2CCCC2C(=O)O)CCOC1)OCC1c2ccccc2-c2ccccc21. The lowest BCUT2D eigenvalue weighted by atomic mass is 9.94. The van der Waals surface area contributed by atoms with Crippen LogP contribution in [0.3, 0.4) is 0 Å². The third-order valence-electron chi connectivity index (χ3n) is 7.64. The van der Waals surface area contributed by atoms with Gasteiger partial charge in [-0.05, 0) is 41.0 Å². The highest BCUT2D eigenvalue weighted by Gasteiger charge is 2.45. The topological polar surface area (TPSA) is 114 Å². The van der Waals surface area contributed by atoms with Gasteiger partial charge in [0.1, 0.15) is 12.1 Å². The van der Waals surface area contributed by atoms with E-state index in [-0.39, 0.29) is 37.5 Å². The highest BCUT2D eigenvalue weighted by atomic mass is 16.6. The summed E-state index contributed by atoms with van der Waals surface area (Å²) in [6, 6.07) is 16.2. The van der Waals surface area contributed by atoms with Crippen molar-refractivity contribution in [1.82, 2.24) is 10.6 Å². The van der Waals surface area contributed by atoms with Crippen LogP contribution in [0.5, 0.6) is 0 Å². The second-order valence-corrected chi connectivity index (χ2v) is 9.68. The standard InChI is InChI=1S/C27H30N2O6/c30-24(31)18-11-5-6-17(18)14-28-25(32)27(12-13-34-16-27)29-26(33)35-15-23-21-9-3-1-7-19(21)20-8-2-4-10-22(20)23/h1-4,7-10,17-18,23H,5-6,11-16H2,(H,28,32)(H,29,33)(H,30,31). The smallest absolute Gasteiger partial charge is 0.408 e. The molecule has 0 radical (unpaired) electrons. The van der Waals surface area contributed by atoms with E-state index in [1.807, 2.05) is 24.3 Å². The van der Waals surface area contributed by atoms with Crippen LogP contribution in [0.1, 0.15) is 42.7 Å². The molecule has 0 aromatic heterocycles. The molecule has 1 saturated heterocycles. The minimum Gasteiger partial charge on any atom is -0.481 e. The Bertz CT molecular complexity index is 1080. The second kappa shape index (κ2) is 9.70. The number of amides is 2. The van der Waals surface area contributed by atoms with Crippen molar-refractivity contribution >= 4 is 18.0 Å². The number of carboxylic acids is 1. The molecule has 2 aliphatic carbocycles. The van der Waals surface area contributed by atoms with Crippen LogP contribution in [0, 0.1) is 11.8 Å². The van der Waals surface area contributed by atoms with Gasteiger partial charge in [0, 0.05) is 25.5 Å². The summed E-state index contributed by atoms with van der Waals surface area (Å²) in [5.74, 6) is -1.81. The van der Waals surface area contributed by atoms with Crippen LogP contribution < -0.4 is 10.6 Å². The van der Waals surface area contributed by atoms with Crippen molar-refractivity contribution in [3.8, 4) is 11.1 Å². The van der Waals surface area contributed by atoms with Gasteiger partial charge in [0.15, 0.2) is 0 Å². The van der Waals surface area contributed by atoms with E-state index < -0.39 is 23.5 Å². The molecule has 8 heteroatoms. The number of carboxylic acid groups (broad SMARTS) is 1. The molecule has 5 rings (SSSR count). The lowest BCUT2D eigenvalue weighted by molar-refractivity contribution is -0.143. The molecule has 2 amide bonds. The summed E-state index contributed by atoms with van der Waals surface area (Å²) in [5.41, 5.74) is 3.29. The Kier molecular flexibility index (Phi) is 6.47. The van der Waals surface area contributed by atoms with Gasteiger partial charge in [-0.3, -0.25) is 9.59 Å². The summed E-state index contributed by atoms with van der Waals surface area (Å²) >= 11 is 0. The number of ether oxygens (including phenoxy) is 2. The number of carbonyl (C=O) groups excluding carboxylic acids is 2. The molecule has 184 valence electrons. The van der Waals surface area contributed by atoms with Gasteiger partial charge in [-0.1, -0.05) is 55.0 Å². The van der Waals surface area contributed by atoms with Gasteiger partial charge in [-0.25, -0.2) is 4.79 Å². The number of alkyl carbamates (subject to hydrolysis) is 1. The van der Waals surface area contributed by atoms with Gasteiger partial charge >= 0.3 is 12.1 Å². The first-order chi connectivity index (χ1) is 17.0. The fourth-order valence-electron chi connectivity index (χ4n) is 5.73. The van der Waals surface area contributed by atoms with E-state index >= 15 is 0 Å². The Hall–Kier alpha value is -3.39. The summed E-state index contributed by atoms with van der Waals surface area (Å²) < 4.78 is 11.1. The van der Waals surface area contributed by atoms with Gasteiger partial charge in [0.2, 0.25) is 5.91 Å². The molecular weight excluding hydrogens is 448 g/mol. The Balaban J connectivity index is 1.22. The van der Waals surface area contributed by atoms with E-state index in [1.54, 1.807) is 0 Å². The van der Waals surface area contributed by atoms with Crippen molar-refractivity contribution < 1.29 is 29.0 Å². The van der Waals surface area contributed by atoms with Crippen molar-refractivity contribution in [2.75, 3.05) is 26.4 Å². The quantitative estimate of drug-likeness (QED) is 0.563. The molecule has 1 saturated carbocycles. The predicted molar refractivity (Wildman–Crippen MR) is 128 cm³/mol. The maximum Gasteiger partial charge on any atom is 0.408 e. The fourth-order valence-corrected chi connectivity index (χ4v) is 5.73. The van der Waals surface area contributed by atoms with E-state index in [9.17, 15) is 19.5 Å². The lowest BCUT2D eigenvalue weighted by Crippen LogP contribution is -2.60. The van der Waals surface area contributed by atoms with Gasteiger partial charge in [0.05, 0.1) is 12.5 Å². The number of hydrogen-bond donors (Lipinski definition) is 3. The van der Waals surface area contributed by atoms with Crippen molar-refractivity contribution in [2.24, 2.45) is 11.8 Å². The molecule has 35 heavy (non-hydrogen) atoms. The van der Waals surface area contributed by atoms with Gasteiger partial charge in [0.25, 0.3) is 0 Å². The molecule has 0 spiro atoms. The summed E-state index contributed by atoms with van der Waals surface area (Å²) in [6.07, 6.45) is 1.89. The maximum atomic E-state index is 13.1. The first-order valence-corrected chi connectivity index (χ1v) is 12.2. The molecule has 3 atom stereocenters. The van der Waals surface area contributed by atoms with Crippen LogP contribution in [0.15, 0.2) is 48.5 Å². The highest BCUT2D eigenvalue weighted by molar-refractivity contribution is 5.90. The van der Waals surface area contributed by atoms with Gasteiger partial charge < -0.3 is 25.2 Å². The normalized spacial score (nSPS) is 25.0. The molecule has 8 nitrogen and oxygen atoms in total. The number of benzene rings is 2. The van der Waals surface area contributed by atoms with Crippen molar-refractivity contribution in [3.63, 3.8) is 0 Å². The van der Waals surface area contributed by atoms with Crippen LogP contribution in [0.25, 0.3) is 11.1 Å². The molecule has 1 heterocycles. The number of aliphatic carboxylic acids is 1. The number of carbonyl (C=O) groups is 3. The number of rotatable bonds is 7. The van der Waals surface area contributed by atoms with Crippen LogP contribution in [-0.2, 0) is 19.1 Å². The van der Waals surface area contributed by atoms with Crippen molar-refractivity contribution in [1.29, 1.82) is 0 Å². The van der Waals surface area contributed by atoms with Gasteiger partial charge in [-0.15, -0.1) is 0 Å². The van der Waals surface area contributed by atoms with Crippen LogP contribution in [-0.4, -0.2) is 55.0 Å². The fraction of sp³-hybridized carbons (Fsp3) is 0.444. The predicted octanol–water partition coefficient (Wildman–Crippen LogP) is 3.30. The Morgan fingerprint density at radius 3 is 2.34 bits per heavy atom. The molecule has 2 aromatic carbocycles. The molecule has 3 unspecified atom stereocenters. The van der Waals surface area contributed by atoms with Crippen LogP contribution in [0.4, 0.5) is 4.79 Å². The largest absolute Gasteiger partial charge is 0.481 e. The molecule has 0 bridgehead atoms. The third-order valence-corrected chi connectivity index (χ3v) is 7.64. The van der Waals surface area contributed by atoms with Crippen LogP contribution >= 0.6 is 0 Å². The molecular formula is C27H30N2O6. The molecule has 2 fully saturated rings. The molecule has 1 aliphatic heterocycles. The summed E-state index contributed by atoms with van der Waals surface area (Å²) in [5, 5.41) is 15.0. The Labute approximate surface area is 204 Å². The third kappa shape index (κ3) is 4.50. The number of nitrogens with one attached hydrogen (secondary N) is 2. The van der Waals surface area contributed by atoms with Crippen molar-refractivity contribution in [3.05, 3.63) is 59.7 Å². The monoisotopic (exact) mass is 478 g/mol. The average Bonchev–Trinajstić information content (AvgIpc) is 3.59. The summed E-state index contributed by atoms with van der Waals surface area (Å²) in [6.45, 7) is 0.818. The Morgan fingerprint density at radius 2 is 1.71 bits per heavy atom. The average molecular weight is 479 g/mol. The van der Waals surface area contributed by atoms with Gasteiger partial charge in [-0.2, -0.15) is 0 Å². The van der Waals surface area contributed by atoms with E-state index in [2.05, 4.69) is 34.9 Å². The summed E-state index contributed by atoms with van der Waals surface area (Å²) in [4.78, 5) is 37.4. The minimum atomic E-state index is -1.22. The second-order valence-electron chi connectivity index (χ2n) is 9.68. The number of hydrogen-bond acceptors (Lipinski definition) is 5. The first kappa shape index (κ1) is 23.4. The highest BCUT2D eigenvalue weighted by Crippen LogP contribution is 2.44. The molecule has 2 aromatic rings. The molecule has 3 N–H and O–H groups in total. The lowest BCUT2D eigenvalue weighted by Gasteiger charge is -2.28. The van der Waals surface area contributed by atoms with E-state index in [1.165, 1.54) is 0 Å². The minimum absolute atomic E-state index is 0.0516. The van der Waals surface area contributed by atoms with Crippen molar-refractivity contribution in [2.45, 2.75) is 37.1 Å².